The van der Waals surface area contributed by atoms with Gasteiger partial charge >= 0.3 is 0 Å². The Bertz CT molecular complexity index is 888. The van der Waals surface area contributed by atoms with Gasteiger partial charge in [-0.3, -0.25) is 9.48 Å². The number of aldehydes is 1. The van der Waals surface area contributed by atoms with Crippen LogP contribution in [0.5, 0.6) is 0 Å². The molecule has 0 aliphatic rings. The second-order valence-electron chi connectivity index (χ2n) is 4.98. The SMILES string of the molecule is Cn1nc(-c2ccc(Cl)cc2)c(C=O)c1-c1ccc(F)cc1F. The van der Waals surface area contributed by atoms with Gasteiger partial charge in [-0.2, -0.15) is 5.10 Å². The molecule has 0 aliphatic heterocycles. The molecule has 0 bridgehead atoms. The van der Waals surface area contributed by atoms with Crippen molar-refractivity contribution in [2.75, 3.05) is 0 Å². The zero-order valence-electron chi connectivity index (χ0n) is 12.1. The van der Waals surface area contributed by atoms with Crippen molar-refractivity contribution in [1.29, 1.82) is 0 Å². The van der Waals surface area contributed by atoms with E-state index in [9.17, 15) is 13.6 Å². The quantitative estimate of drug-likeness (QED) is 0.662. The van der Waals surface area contributed by atoms with Crippen LogP contribution in [0.1, 0.15) is 10.4 Å². The molecular weight excluding hydrogens is 322 g/mol. The summed E-state index contributed by atoms with van der Waals surface area (Å²) in [5.41, 5.74) is 1.74. The van der Waals surface area contributed by atoms with E-state index in [4.69, 9.17) is 11.6 Å². The van der Waals surface area contributed by atoms with Crippen LogP contribution in [0.2, 0.25) is 5.02 Å². The molecule has 6 heteroatoms. The van der Waals surface area contributed by atoms with E-state index in [2.05, 4.69) is 5.10 Å². The summed E-state index contributed by atoms with van der Waals surface area (Å²) >= 11 is 5.86. The molecule has 0 spiro atoms. The lowest BCUT2D eigenvalue weighted by Gasteiger charge is -2.05. The molecule has 23 heavy (non-hydrogen) atoms. The first-order valence-electron chi connectivity index (χ1n) is 6.75. The molecule has 0 unspecified atom stereocenters. The number of rotatable bonds is 3. The fraction of sp³-hybridized carbons (Fsp3) is 0.0588. The highest BCUT2D eigenvalue weighted by Crippen LogP contribution is 2.32. The summed E-state index contributed by atoms with van der Waals surface area (Å²) in [7, 11) is 1.60. The van der Waals surface area contributed by atoms with Crippen molar-refractivity contribution in [2.24, 2.45) is 7.05 Å². The highest BCUT2D eigenvalue weighted by atomic mass is 35.5. The Hall–Kier alpha value is -2.53. The Labute approximate surface area is 136 Å². The van der Waals surface area contributed by atoms with E-state index < -0.39 is 11.6 Å². The zero-order valence-corrected chi connectivity index (χ0v) is 12.8. The fourth-order valence-corrected chi connectivity index (χ4v) is 2.60. The first kappa shape index (κ1) is 15.4. The number of nitrogens with zero attached hydrogens (tertiary/aromatic N) is 2. The summed E-state index contributed by atoms with van der Waals surface area (Å²) in [5.74, 6) is -1.43. The molecule has 3 rings (SSSR count). The molecule has 116 valence electrons. The number of carbonyl (C=O) groups excluding carboxylic acids is 1. The highest BCUT2D eigenvalue weighted by molar-refractivity contribution is 6.30. The third kappa shape index (κ3) is 2.75. The minimum absolute atomic E-state index is 0.115. The maximum Gasteiger partial charge on any atom is 0.154 e. The van der Waals surface area contributed by atoms with Crippen molar-refractivity contribution in [3.8, 4) is 22.5 Å². The molecule has 0 N–H and O–H groups in total. The second kappa shape index (κ2) is 5.93. The molecule has 0 atom stereocenters. The second-order valence-corrected chi connectivity index (χ2v) is 5.42. The Morgan fingerprint density at radius 2 is 1.83 bits per heavy atom. The average molecular weight is 333 g/mol. The monoisotopic (exact) mass is 332 g/mol. The van der Waals surface area contributed by atoms with Gasteiger partial charge in [-0.25, -0.2) is 8.78 Å². The maximum absolute atomic E-state index is 14.1. The minimum atomic E-state index is -0.751. The van der Waals surface area contributed by atoms with E-state index in [0.29, 0.717) is 28.3 Å². The third-order valence-corrected chi connectivity index (χ3v) is 3.76. The van der Waals surface area contributed by atoms with Gasteiger partial charge in [-0.15, -0.1) is 0 Å². The Morgan fingerprint density at radius 1 is 1.13 bits per heavy atom. The summed E-state index contributed by atoms with van der Waals surface area (Å²) < 4.78 is 28.6. The van der Waals surface area contributed by atoms with Gasteiger partial charge in [0, 0.05) is 29.3 Å². The average Bonchev–Trinajstić information content (AvgIpc) is 2.85. The predicted octanol–water partition coefficient (Wildman–Crippen LogP) is 4.50. The van der Waals surface area contributed by atoms with Crippen LogP contribution in [-0.2, 0) is 7.05 Å². The Morgan fingerprint density at radius 3 is 2.43 bits per heavy atom. The molecule has 0 aliphatic carbocycles. The smallest absolute Gasteiger partial charge is 0.154 e. The molecule has 0 radical (unpaired) electrons. The number of aryl methyl sites for hydroxylation is 1. The molecule has 1 heterocycles. The summed E-state index contributed by atoms with van der Waals surface area (Å²) in [6.45, 7) is 0. The topological polar surface area (TPSA) is 34.9 Å². The maximum atomic E-state index is 14.1. The largest absolute Gasteiger partial charge is 0.298 e. The Balaban J connectivity index is 2.23. The lowest BCUT2D eigenvalue weighted by atomic mass is 10.0. The highest BCUT2D eigenvalue weighted by Gasteiger charge is 2.21. The number of halogens is 3. The van der Waals surface area contributed by atoms with Gasteiger partial charge in [-0.1, -0.05) is 23.7 Å². The number of carbonyl (C=O) groups is 1. The van der Waals surface area contributed by atoms with Crippen molar-refractivity contribution >= 4 is 17.9 Å². The van der Waals surface area contributed by atoms with Crippen molar-refractivity contribution < 1.29 is 13.6 Å². The number of hydrogen-bond acceptors (Lipinski definition) is 2. The van der Waals surface area contributed by atoms with Crippen molar-refractivity contribution in [1.82, 2.24) is 9.78 Å². The van der Waals surface area contributed by atoms with Crippen LogP contribution in [-0.4, -0.2) is 16.1 Å². The van der Waals surface area contributed by atoms with Gasteiger partial charge in [0.1, 0.15) is 17.3 Å². The molecule has 1 aromatic heterocycles. The fourth-order valence-electron chi connectivity index (χ4n) is 2.47. The predicted molar refractivity (Wildman–Crippen MR) is 84.4 cm³/mol. The third-order valence-electron chi connectivity index (χ3n) is 3.51. The van der Waals surface area contributed by atoms with E-state index >= 15 is 0 Å². The summed E-state index contributed by atoms with van der Waals surface area (Å²) in [5, 5.41) is 4.86. The van der Waals surface area contributed by atoms with Crippen molar-refractivity contribution in [2.45, 2.75) is 0 Å². The molecule has 0 amide bonds. The van der Waals surface area contributed by atoms with E-state index in [1.165, 1.54) is 10.7 Å². The molecule has 0 fully saturated rings. The van der Waals surface area contributed by atoms with Gasteiger partial charge < -0.3 is 0 Å². The molecule has 0 saturated heterocycles. The first-order chi connectivity index (χ1) is 11.0. The van der Waals surface area contributed by atoms with E-state index in [-0.39, 0.29) is 11.1 Å². The van der Waals surface area contributed by atoms with Crippen LogP contribution < -0.4 is 0 Å². The standard InChI is InChI=1S/C17H11ClF2N2O/c1-22-17(13-7-6-12(19)8-15(13)20)14(9-23)16(21-22)10-2-4-11(18)5-3-10/h2-9H,1H3. The molecular formula is C17H11ClF2N2O. The summed E-state index contributed by atoms with van der Waals surface area (Å²) in [6.07, 6.45) is 0.620. The van der Waals surface area contributed by atoms with E-state index in [0.717, 1.165) is 12.1 Å². The number of benzene rings is 2. The summed E-state index contributed by atoms with van der Waals surface area (Å²) in [6, 6.07) is 10.0. The van der Waals surface area contributed by atoms with E-state index in [1.807, 2.05) is 0 Å². The van der Waals surface area contributed by atoms with Crippen LogP contribution in [0, 0.1) is 11.6 Å². The van der Waals surface area contributed by atoms with Gasteiger partial charge in [-0.05, 0) is 24.3 Å². The van der Waals surface area contributed by atoms with Gasteiger partial charge in [0.2, 0.25) is 0 Å². The Kier molecular flexibility index (Phi) is 3.96. The van der Waals surface area contributed by atoms with Crippen LogP contribution in [0.3, 0.4) is 0 Å². The first-order valence-corrected chi connectivity index (χ1v) is 7.12. The normalized spacial score (nSPS) is 10.8. The lowest BCUT2D eigenvalue weighted by Crippen LogP contribution is -1.98. The minimum Gasteiger partial charge on any atom is -0.298 e. The molecule has 0 saturated carbocycles. The van der Waals surface area contributed by atoms with Crippen LogP contribution in [0.25, 0.3) is 22.5 Å². The summed E-state index contributed by atoms with van der Waals surface area (Å²) in [4.78, 5) is 11.6. The van der Waals surface area contributed by atoms with Gasteiger partial charge in [0.15, 0.2) is 6.29 Å². The van der Waals surface area contributed by atoms with Gasteiger partial charge in [0.25, 0.3) is 0 Å². The molecule has 3 nitrogen and oxygen atoms in total. The number of aromatic nitrogens is 2. The van der Waals surface area contributed by atoms with Crippen molar-refractivity contribution in [3.05, 3.63) is 64.7 Å². The van der Waals surface area contributed by atoms with Crippen molar-refractivity contribution in [3.63, 3.8) is 0 Å². The molecule has 3 aromatic rings. The van der Waals surface area contributed by atoms with Crippen LogP contribution >= 0.6 is 11.6 Å². The van der Waals surface area contributed by atoms with Crippen LogP contribution in [0.15, 0.2) is 42.5 Å². The number of hydrogen-bond donors (Lipinski definition) is 0. The molecule has 2 aromatic carbocycles. The lowest BCUT2D eigenvalue weighted by molar-refractivity contribution is 0.112. The van der Waals surface area contributed by atoms with E-state index in [1.54, 1.807) is 31.3 Å². The zero-order chi connectivity index (χ0) is 16.6. The van der Waals surface area contributed by atoms with Gasteiger partial charge in [0.05, 0.1) is 11.3 Å². The van der Waals surface area contributed by atoms with Crippen LogP contribution in [0.4, 0.5) is 8.78 Å².